The lowest BCUT2D eigenvalue weighted by molar-refractivity contribution is 0.602. The average Bonchev–Trinajstić information content (AvgIpc) is 2.40. The zero-order chi connectivity index (χ0) is 9.73. The molecule has 0 amide bonds. The van der Waals surface area contributed by atoms with Crippen LogP contribution in [0.3, 0.4) is 0 Å². The SMILES string of the molecule is CCCCCCC1=CCS(=O)(=O)C1. The highest BCUT2D eigenvalue weighted by atomic mass is 32.2. The van der Waals surface area contributed by atoms with Gasteiger partial charge < -0.3 is 0 Å². The smallest absolute Gasteiger partial charge is 0.157 e. The summed E-state index contributed by atoms with van der Waals surface area (Å²) < 4.78 is 22.2. The maximum absolute atomic E-state index is 11.1. The summed E-state index contributed by atoms with van der Waals surface area (Å²) in [5.41, 5.74) is 1.14. The van der Waals surface area contributed by atoms with Crippen LogP contribution in [0.1, 0.15) is 39.0 Å². The molecule has 0 spiro atoms. The van der Waals surface area contributed by atoms with E-state index in [0.29, 0.717) is 5.75 Å². The lowest BCUT2D eigenvalue weighted by Gasteiger charge is -1.99. The van der Waals surface area contributed by atoms with Crippen molar-refractivity contribution < 1.29 is 8.42 Å². The van der Waals surface area contributed by atoms with E-state index in [-0.39, 0.29) is 5.75 Å². The van der Waals surface area contributed by atoms with Crippen LogP contribution < -0.4 is 0 Å². The van der Waals surface area contributed by atoms with Crippen molar-refractivity contribution in [3.05, 3.63) is 11.6 Å². The van der Waals surface area contributed by atoms with E-state index < -0.39 is 9.84 Å². The van der Waals surface area contributed by atoms with Crippen molar-refractivity contribution in [2.45, 2.75) is 39.0 Å². The number of unbranched alkanes of at least 4 members (excludes halogenated alkanes) is 3. The second-order valence-corrected chi connectivity index (χ2v) is 5.84. The van der Waals surface area contributed by atoms with Gasteiger partial charge in [-0.15, -0.1) is 0 Å². The summed E-state index contributed by atoms with van der Waals surface area (Å²) in [5, 5.41) is 0. The molecule has 2 nitrogen and oxygen atoms in total. The molecule has 0 saturated carbocycles. The molecule has 0 aliphatic carbocycles. The Bertz CT molecular complexity index is 275. The van der Waals surface area contributed by atoms with Gasteiger partial charge >= 0.3 is 0 Å². The van der Waals surface area contributed by atoms with Crippen LogP contribution in [0.2, 0.25) is 0 Å². The Balaban J connectivity index is 2.18. The molecule has 13 heavy (non-hydrogen) atoms. The van der Waals surface area contributed by atoms with Crippen molar-refractivity contribution in [3.63, 3.8) is 0 Å². The highest BCUT2D eigenvalue weighted by Crippen LogP contribution is 2.17. The fourth-order valence-electron chi connectivity index (χ4n) is 1.60. The fourth-order valence-corrected chi connectivity index (χ4v) is 3.03. The summed E-state index contributed by atoms with van der Waals surface area (Å²) in [6, 6.07) is 0. The van der Waals surface area contributed by atoms with Gasteiger partial charge in [0.05, 0.1) is 11.5 Å². The predicted octanol–water partition coefficient (Wildman–Crippen LogP) is 2.31. The van der Waals surface area contributed by atoms with Gasteiger partial charge in [0.1, 0.15) is 0 Å². The van der Waals surface area contributed by atoms with Gasteiger partial charge in [-0.25, -0.2) is 8.42 Å². The van der Waals surface area contributed by atoms with Crippen LogP contribution in [0, 0.1) is 0 Å². The highest BCUT2D eigenvalue weighted by molar-refractivity contribution is 7.92. The second-order valence-electron chi connectivity index (χ2n) is 3.73. The van der Waals surface area contributed by atoms with Crippen molar-refractivity contribution in [2.75, 3.05) is 11.5 Å². The van der Waals surface area contributed by atoms with Crippen LogP contribution in [0.15, 0.2) is 11.6 Å². The van der Waals surface area contributed by atoms with Gasteiger partial charge in [-0.3, -0.25) is 0 Å². The van der Waals surface area contributed by atoms with Crippen molar-refractivity contribution in [2.24, 2.45) is 0 Å². The lowest BCUT2D eigenvalue weighted by Crippen LogP contribution is -2.02. The van der Waals surface area contributed by atoms with E-state index in [0.717, 1.165) is 18.4 Å². The normalized spacial score (nSPS) is 20.2. The van der Waals surface area contributed by atoms with E-state index in [1.165, 1.54) is 19.3 Å². The Labute approximate surface area is 81.0 Å². The molecule has 0 aromatic rings. The molecule has 1 aliphatic heterocycles. The highest BCUT2D eigenvalue weighted by Gasteiger charge is 2.18. The second kappa shape index (κ2) is 4.80. The van der Waals surface area contributed by atoms with Crippen LogP contribution in [0.5, 0.6) is 0 Å². The van der Waals surface area contributed by atoms with Gasteiger partial charge in [0.15, 0.2) is 9.84 Å². The molecule has 0 fully saturated rings. The number of rotatable bonds is 5. The molecule has 3 heteroatoms. The molecule has 1 aliphatic rings. The molecule has 76 valence electrons. The molecule has 0 aromatic heterocycles. The maximum Gasteiger partial charge on any atom is 0.157 e. The molecule has 1 rings (SSSR count). The molecular formula is C10H18O2S. The standard InChI is InChI=1S/C10H18O2S/c1-2-3-4-5-6-10-7-8-13(11,12)9-10/h7H,2-6,8-9H2,1H3. The maximum atomic E-state index is 11.1. The largest absolute Gasteiger partial charge is 0.228 e. The van der Waals surface area contributed by atoms with E-state index in [1.807, 2.05) is 6.08 Å². The molecule has 0 unspecified atom stereocenters. The molecule has 0 atom stereocenters. The summed E-state index contributed by atoms with van der Waals surface area (Å²) in [7, 11) is -2.73. The van der Waals surface area contributed by atoms with Gasteiger partial charge in [0.2, 0.25) is 0 Å². The first-order valence-corrected chi connectivity index (χ1v) is 6.84. The zero-order valence-electron chi connectivity index (χ0n) is 8.25. The summed E-state index contributed by atoms with van der Waals surface area (Å²) >= 11 is 0. The summed E-state index contributed by atoms with van der Waals surface area (Å²) in [4.78, 5) is 0. The topological polar surface area (TPSA) is 34.1 Å². The summed E-state index contributed by atoms with van der Waals surface area (Å²) in [6.07, 6.45) is 7.75. The Hall–Kier alpha value is -0.310. The van der Waals surface area contributed by atoms with Crippen LogP contribution in [0.4, 0.5) is 0 Å². The van der Waals surface area contributed by atoms with Crippen molar-refractivity contribution in [1.82, 2.24) is 0 Å². The van der Waals surface area contributed by atoms with Crippen LogP contribution in [0.25, 0.3) is 0 Å². The third-order valence-electron chi connectivity index (χ3n) is 2.38. The first kappa shape index (κ1) is 10.8. The van der Waals surface area contributed by atoms with Crippen molar-refractivity contribution in [3.8, 4) is 0 Å². The van der Waals surface area contributed by atoms with Gasteiger partial charge in [-0.05, 0) is 12.8 Å². The predicted molar refractivity (Wildman–Crippen MR) is 55.5 cm³/mol. The van der Waals surface area contributed by atoms with E-state index in [9.17, 15) is 8.42 Å². The van der Waals surface area contributed by atoms with Gasteiger partial charge in [0, 0.05) is 0 Å². The van der Waals surface area contributed by atoms with Gasteiger partial charge in [-0.2, -0.15) is 0 Å². The molecular weight excluding hydrogens is 184 g/mol. The van der Waals surface area contributed by atoms with Crippen LogP contribution >= 0.6 is 0 Å². The Morgan fingerprint density at radius 3 is 2.62 bits per heavy atom. The molecule has 1 heterocycles. The third kappa shape index (κ3) is 3.94. The molecule has 0 radical (unpaired) electrons. The number of sulfone groups is 1. The molecule has 0 aromatic carbocycles. The number of hydrogen-bond acceptors (Lipinski definition) is 2. The van der Waals surface area contributed by atoms with E-state index >= 15 is 0 Å². The van der Waals surface area contributed by atoms with Crippen LogP contribution in [-0.4, -0.2) is 19.9 Å². The van der Waals surface area contributed by atoms with Crippen LogP contribution in [-0.2, 0) is 9.84 Å². The monoisotopic (exact) mass is 202 g/mol. The minimum Gasteiger partial charge on any atom is -0.228 e. The third-order valence-corrected chi connectivity index (χ3v) is 3.87. The lowest BCUT2D eigenvalue weighted by atomic mass is 10.1. The molecule has 0 saturated heterocycles. The first-order valence-electron chi connectivity index (χ1n) is 5.02. The zero-order valence-corrected chi connectivity index (χ0v) is 9.07. The molecule has 0 N–H and O–H groups in total. The first-order chi connectivity index (χ1) is 6.14. The Morgan fingerprint density at radius 1 is 1.31 bits per heavy atom. The Morgan fingerprint density at radius 2 is 2.08 bits per heavy atom. The van der Waals surface area contributed by atoms with Crippen molar-refractivity contribution >= 4 is 9.84 Å². The van der Waals surface area contributed by atoms with Gasteiger partial charge in [-0.1, -0.05) is 37.8 Å². The minimum atomic E-state index is -2.73. The number of hydrogen-bond donors (Lipinski definition) is 0. The Kier molecular flexibility index (Phi) is 3.97. The quantitative estimate of drug-likeness (QED) is 0.506. The van der Waals surface area contributed by atoms with Crippen molar-refractivity contribution in [1.29, 1.82) is 0 Å². The molecule has 0 bridgehead atoms. The minimum absolute atomic E-state index is 0.274. The fraction of sp³-hybridized carbons (Fsp3) is 0.800. The van der Waals surface area contributed by atoms with E-state index in [2.05, 4.69) is 6.92 Å². The summed E-state index contributed by atoms with van der Waals surface area (Å²) in [6.45, 7) is 2.18. The summed E-state index contributed by atoms with van der Waals surface area (Å²) in [5.74, 6) is 0.592. The van der Waals surface area contributed by atoms with E-state index in [4.69, 9.17) is 0 Å². The van der Waals surface area contributed by atoms with E-state index in [1.54, 1.807) is 0 Å². The average molecular weight is 202 g/mol. The van der Waals surface area contributed by atoms with Gasteiger partial charge in [0.25, 0.3) is 0 Å².